The third-order valence-electron chi connectivity index (χ3n) is 7.51. The molecule has 1 saturated carbocycles. The minimum atomic E-state index is -0.0959. The fraction of sp³-hybridized carbons (Fsp3) is 0.593. The molecule has 0 amide bonds. The maximum atomic E-state index is 11.6. The highest BCUT2D eigenvalue weighted by Crippen LogP contribution is 2.39. The minimum Gasteiger partial charge on any atom is -0.490 e. The van der Waals surface area contributed by atoms with Crippen molar-refractivity contribution in [2.75, 3.05) is 20.2 Å². The average molecular weight is 424 g/mol. The van der Waals surface area contributed by atoms with Crippen LogP contribution in [0.4, 0.5) is 0 Å². The van der Waals surface area contributed by atoms with Gasteiger partial charge < -0.3 is 9.47 Å². The molecule has 1 aliphatic heterocycles. The molecule has 4 nitrogen and oxygen atoms in total. The summed E-state index contributed by atoms with van der Waals surface area (Å²) < 4.78 is 11.2. The molecule has 1 unspecified atom stereocenters. The van der Waals surface area contributed by atoms with Crippen molar-refractivity contribution in [3.63, 3.8) is 0 Å². The molecule has 0 radical (unpaired) electrons. The number of hydrogen-bond donors (Lipinski definition) is 0. The number of carbonyl (C=O) groups excluding carboxylic acids is 1. The van der Waals surface area contributed by atoms with E-state index in [0.717, 1.165) is 37.6 Å². The second-order valence-electron chi connectivity index (χ2n) is 10.6. The second kappa shape index (κ2) is 8.82. The molecule has 1 heterocycles. The van der Waals surface area contributed by atoms with E-state index in [1.54, 1.807) is 0 Å². The summed E-state index contributed by atoms with van der Waals surface area (Å²) >= 11 is 0. The van der Waals surface area contributed by atoms with E-state index >= 15 is 0 Å². The van der Waals surface area contributed by atoms with Crippen LogP contribution in [0.1, 0.15) is 65.0 Å². The first-order chi connectivity index (χ1) is 14.7. The van der Waals surface area contributed by atoms with E-state index < -0.39 is 0 Å². The Morgan fingerprint density at radius 1 is 1.00 bits per heavy atom. The van der Waals surface area contributed by atoms with Crippen LogP contribution >= 0.6 is 0 Å². The van der Waals surface area contributed by atoms with Crippen LogP contribution in [-0.2, 0) is 9.53 Å². The number of hydrogen-bond acceptors (Lipinski definition) is 4. The van der Waals surface area contributed by atoms with Crippen molar-refractivity contribution >= 4 is 16.7 Å². The number of carbonyl (C=O) groups is 1. The summed E-state index contributed by atoms with van der Waals surface area (Å²) in [6.45, 7) is 10.8. The lowest BCUT2D eigenvalue weighted by Gasteiger charge is -2.41. The molecule has 0 spiro atoms. The monoisotopic (exact) mass is 423 g/mol. The highest BCUT2D eigenvalue weighted by Gasteiger charge is 2.36. The fourth-order valence-corrected chi connectivity index (χ4v) is 5.17. The van der Waals surface area contributed by atoms with Gasteiger partial charge in [-0.25, -0.2) is 0 Å². The molecule has 1 aliphatic carbocycles. The van der Waals surface area contributed by atoms with Crippen LogP contribution in [0.25, 0.3) is 10.8 Å². The molecule has 2 aliphatic rings. The van der Waals surface area contributed by atoms with Crippen molar-refractivity contribution in [2.45, 2.75) is 65.5 Å². The Bertz CT molecular complexity index is 918. The molecular formula is C27H37NO3. The number of rotatable bonds is 5. The van der Waals surface area contributed by atoms with E-state index in [9.17, 15) is 4.79 Å². The van der Waals surface area contributed by atoms with Gasteiger partial charge in [0.25, 0.3) is 0 Å². The smallest absolute Gasteiger partial charge is 0.311 e. The molecule has 4 heteroatoms. The van der Waals surface area contributed by atoms with Gasteiger partial charge in [-0.2, -0.15) is 0 Å². The molecule has 1 saturated heterocycles. The highest BCUT2D eigenvalue weighted by atomic mass is 16.5. The molecule has 2 aromatic carbocycles. The predicted octanol–water partition coefficient (Wildman–Crippen LogP) is 5.99. The third-order valence-corrected chi connectivity index (χ3v) is 7.51. The summed E-state index contributed by atoms with van der Waals surface area (Å²) in [5, 5.41) is 2.45. The normalized spacial score (nSPS) is 23.9. The van der Waals surface area contributed by atoms with Crippen LogP contribution < -0.4 is 4.74 Å². The lowest BCUT2D eigenvalue weighted by atomic mass is 9.72. The first-order valence-corrected chi connectivity index (χ1v) is 11.8. The van der Waals surface area contributed by atoms with Crippen LogP contribution in [0.15, 0.2) is 36.4 Å². The van der Waals surface area contributed by atoms with Crippen LogP contribution in [0.5, 0.6) is 5.75 Å². The van der Waals surface area contributed by atoms with Gasteiger partial charge in [0.2, 0.25) is 0 Å². The van der Waals surface area contributed by atoms with E-state index in [-0.39, 0.29) is 11.9 Å². The van der Waals surface area contributed by atoms with Gasteiger partial charge in [-0.05, 0) is 78.5 Å². The minimum absolute atomic E-state index is 0.0195. The Hall–Kier alpha value is -2.07. The number of benzene rings is 2. The summed E-state index contributed by atoms with van der Waals surface area (Å²) in [5.74, 6) is 1.71. The van der Waals surface area contributed by atoms with Gasteiger partial charge in [-0.3, -0.25) is 9.69 Å². The third kappa shape index (κ3) is 4.90. The molecule has 2 aromatic rings. The van der Waals surface area contributed by atoms with Gasteiger partial charge in [0.15, 0.2) is 0 Å². The quantitative estimate of drug-likeness (QED) is 0.554. The SMILES string of the molecule is COC(=O)C1CN(C(C)c2ccc3cc(OC4CCC(C(C)(C)C)CC4)ccc3c2)C1. The Morgan fingerprint density at radius 3 is 2.29 bits per heavy atom. The first kappa shape index (κ1) is 22.1. The van der Waals surface area contributed by atoms with Crippen LogP contribution in [0, 0.1) is 17.3 Å². The predicted molar refractivity (Wildman–Crippen MR) is 125 cm³/mol. The van der Waals surface area contributed by atoms with Gasteiger partial charge in [-0.1, -0.05) is 39.0 Å². The van der Waals surface area contributed by atoms with E-state index in [1.165, 1.54) is 36.3 Å². The molecule has 168 valence electrons. The highest BCUT2D eigenvalue weighted by molar-refractivity contribution is 5.84. The number of nitrogens with zero attached hydrogens (tertiary/aromatic N) is 1. The number of methoxy groups -OCH3 is 1. The van der Waals surface area contributed by atoms with Crippen LogP contribution in [-0.4, -0.2) is 37.2 Å². The van der Waals surface area contributed by atoms with E-state index in [0.29, 0.717) is 17.6 Å². The van der Waals surface area contributed by atoms with Crippen molar-refractivity contribution in [3.8, 4) is 5.75 Å². The van der Waals surface area contributed by atoms with Crippen LogP contribution in [0.2, 0.25) is 0 Å². The fourth-order valence-electron chi connectivity index (χ4n) is 5.17. The van der Waals surface area contributed by atoms with E-state index in [1.807, 2.05) is 0 Å². The average Bonchev–Trinajstić information content (AvgIpc) is 2.71. The van der Waals surface area contributed by atoms with Gasteiger partial charge in [-0.15, -0.1) is 0 Å². The van der Waals surface area contributed by atoms with Crippen molar-refractivity contribution in [1.29, 1.82) is 0 Å². The molecule has 31 heavy (non-hydrogen) atoms. The number of fused-ring (bicyclic) bond motifs is 1. The first-order valence-electron chi connectivity index (χ1n) is 11.8. The van der Waals surface area contributed by atoms with Gasteiger partial charge >= 0.3 is 5.97 Å². The molecule has 0 aromatic heterocycles. The standard InChI is InChI=1S/C27H37NO3/c1-18(28-16-22(17-28)26(29)30-5)19-6-7-21-15-25(11-8-20(21)14-19)31-24-12-9-23(10-13-24)27(2,3)4/h6-8,11,14-15,18,22-24H,9-10,12-13,16-17H2,1-5H3. The zero-order valence-electron chi connectivity index (χ0n) is 19.7. The molecule has 0 N–H and O–H groups in total. The molecule has 1 atom stereocenters. The van der Waals surface area contributed by atoms with Crippen molar-refractivity contribution in [2.24, 2.45) is 17.3 Å². The summed E-state index contributed by atoms with van der Waals surface area (Å²) in [7, 11) is 1.46. The molecule has 2 fully saturated rings. The second-order valence-corrected chi connectivity index (χ2v) is 10.6. The van der Waals surface area contributed by atoms with Crippen LogP contribution in [0.3, 0.4) is 0 Å². The van der Waals surface area contributed by atoms with Crippen molar-refractivity contribution in [1.82, 2.24) is 4.90 Å². The van der Waals surface area contributed by atoms with Gasteiger partial charge in [0, 0.05) is 19.1 Å². The molecule has 0 bridgehead atoms. The Labute approximate surface area is 186 Å². The lowest BCUT2D eigenvalue weighted by Crippen LogP contribution is -2.51. The van der Waals surface area contributed by atoms with Crippen molar-refractivity contribution < 1.29 is 14.3 Å². The lowest BCUT2D eigenvalue weighted by molar-refractivity contribution is -0.152. The maximum absolute atomic E-state index is 11.6. The summed E-state index contributed by atoms with van der Waals surface area (Å²) in [6, 6.07) is 13.4. The molecule has 4 rings (SSSR count). The van der Waals surface area contributed by atoms with E-state index in [4.69, 9.17) is 9.47 Å². The zero-order valence-corrected chi connectivity index (χ0v) is 19.7. The zero-order chi connectivity index (χ0) is 22.2. The Kier molecular flexibility index (Phi) is 6.30. The van der Waals surface area contributed by atoms with E-state index in [2.05, 4.69) is 69.0 Å². The van der Waals surface area contributed by atoms with Crippen molar-refractivity contribution in [3.05, 3.63) is 42.0 Å². The topological polar surface area (TPSA) is 38.8 Å². The largest absolute Gasteiger partial charge is 0.490 e. The summed E-state index contributed by atoms with van der Waals surface area (Å²) in [6.07, 6.45) is 5.16. The maximum Gasteiger partial charge on any atom is 0.311 e. The number of ether oxygens (including phenoxy) is 2. The van der Waals surface area contributed by atoms with Gasteiger partial charge in [0.1, 0.15) is 5.75 Å². The number of esters is 1. The van der Waals surface area contributed by atoms with Gasteiger partial charge in [0.05, 0.1) is 19.1 Å². The summed E-state index contributed by atoms with van der Waals surface area (Å²) in [4.78, 5) is 14.0. The number of likely N-dealkylation sites (tertiary alicyclic amines) is 1. The Morgan fingerprint density at radius 2 is 1.65 bits per heavy atom. The Balaban J connectivity index is 1.37. The summed E-state index contributed by atoms with van der Waals surface area (Å²) in [5.41, 5.74) is 1.68. The molecular weight excluding hydrogens is 386 g/mol.